The molecule has 30 heavy (non-hydrogen) atoms. The first kappa shape index (κ1) is 22.7. The summed E-state index contributed by atoms with van der Waals surface area (Å²) in [5.41, 5.74) is 1.30. The molecule has 1 saturated heterocycles. The highest BCUT2D eigenvalue weighted by molar-refractivity contribution is 7.89. The van der Waals surface area contributed by atoms with Gasteiger partial charge >= 0.3 is 0 Å². The number of halogens is 1. The Labute approximate surface area is 183 Å². The van der Waals surface area contributed by atoms with Crippen molar-refractivity contribution in [3.63, 3.8) is 0 Å². The van der Waals surface area contributed by atoms with E-state index in [2.05, 4.69) is 0 Å². The monoisotopic (exact) mass is 450 g/mol. The summed E-state index contributed by atoms with van der Waals surface area (Å²) in [5, 5.41) is 0.610. The van der Waals surface area contributed by atoms with Gasteiger partial charge in [0, 0.05) is 36.8 Å². The second-order valence-electron chi connectivity index (χ2n) is 7.51. The van der Waals surface area contributed by atoms with Crippen LogP contribution in [0.5, 0.6) is 0 Å². The van der Waals surface area contributed by atoms with E-state index in [0.29, 0.717) is 36.8 Å². The highest BCUT2D eigenvalue weighted by Crippen LogP contribution is 2.23. The fraction of sp³-hybridized carbons (Fsp3) is 0.409. The molecule has 162 valence electrons. The van der Waals surface area contributed by atoms with E-state index >= 15 is 0 Å². The van der Waals surface area contributed by atoms with Gasteiger partial charge in [-0.3, -0.25) is 4.79 Å². The molecule has 1 aliphatic heterocycles. The van der Waals surface area contributed by atoms with Crippen molar-refractivity contribution < 1.29 is 17.9 Å². The first-order valence-electron chi connectivity index (χ1n) is 10.0. The van der Waals surface area contributed by atoms with Crippen molar-refractivity contribution in [3.8, 4) is 0 Å². The standard InChI is InChI=1S/C22H27ClN2O4S/c1-4-24(15-19-7-5-6-8-21(19)23)22(26)18-9-11-20(12-10-18)30(27,28)25-13-16(2)29-17(3)14-25/h5-12,16-17H,4,13-15H2,1-3H3. The zero-order valence-corrected chi connectivity index (χ0v) is 19.0. The van der Waals surface area contributed by atoms with E-state index in [4.69, 9.17) is 16.3 Å². The van der Waals surface area contributed by atoms with E-state index in [1.807, 2.05) is 39.0 Å². The van der Waals surface area contributed by atoms with Gasteiger partial charge in [-0.1, -0.05) is 29.8 Å². The Balaban J connectivity index is 1.77. The van der Waals surface area contributed by atoms with Crippen LogP contribution in [0.1, 0.15) is 36.7 Å². The number of carbonyl (C=O) groups excluding carboxylic acids is 1. The predicted molar refractivity (Wildman–Crippen MR) is 117 cm³/mol. The van der Waals surface area contributed by atoms with Crippen molar-refractivity contribution in [2.75, 3.05) is 19.6 Å². The number of benzene rings is 2. The van der Waals surface area contributed by atoms with Crippen molar-refractivity contribution in [2.45, 2.75) is 44.4 Å². The summed E-state index contributed by atoms with van der Waals surface area (Å²) < 4.78 is 33.0. The van der Waals surface area contributed by atoms with E-state index in [1.54, 1.807) is 23.1 Å². The molecule has 0 aromatic heterocycles. The van der Waals surface area contributed by atoms with Crippen LogP contribution < -0.4 is 0 Å². The van der Waals surface area contributed by atoms with Gasteiger partial charge < -0.3 is 9.64 Å². The molecule has 2 atom stereocenters. The Morgan fingerprint density at radius 2 is 1.70 bits per heavy atom. The van der Waals surface area contributed by atoms with Crippen molar-refractivity contribution in [1.82, 2.24) is 9.21 Å². The molecule has 0 radical (unpaired) electrons. The number of carbonyl (C=O) groups is 1. The number of ether oxygens (including phenoxy) is 1. The van der Waals surface area contributed by atoms with Crippen LogP contribution in [-0.4, -0.2) is 55.4 Å². The van der Waals surface area contributed by atoms with Gasteiger partial charge in [0.15, 0.2) is 0 Å². The minimum absolute atomic E-state index is 0.160. The van der Waals surface area contributed by atoms with Crippen LogP contribution in [0, 0.1) is 0 Å². The molecule has 1 amide bonds. The lowest BCUT2D eigenvalue weighted by Gasteiger charge is -2.34. The zero-order valence-electron chi connectivity index (χ0n) is 17.4. The number of morpholine rings is 1. The molecule has 1 aliphatic rings. The topological polar surface area (TPSA) is 66.9 Å². The Morgan fingerprint density at radius 1 is 1.10 bits per heavy atom. The molecule has 2 aromatic carbocycles. The highest BCUT2D eigenvalue weighted by atomic mass is 35.5. The van der Waals surface area contributed by atoms with Gasteiger partial charge in [0.05, 0.1) is 17.1 Å². The Kier molecular flexibility index (Phi) is 7.18. The van der Waals surface area contributed by atoms with E-state index in [-0.39, 0.29) is 23.0 Å². The molecule has 0 spiro atoms. The zero-order chi connectivity index (χ0) is 21.9. The van der Waals surface area contributed by atoms with Crippen LogP contribution in [-0.2, 0) is 21.3 Å². The summed E-state index contributed by atoms with van der Waals surface area (Å²) in [6.07, 6.45) is -0.320. The quantitative estimate of drug-likeness (QED) is 0.671. The summed E-state index contributed by atoms with van der Waals surface area (Å²) in [6, 6.07) is 13.5. The van der Waals surface area contributed by atoms with Crippen molar-refractivity contribution in [1.29, 1.82) is 0 Å². The number of hydrogen-bond donors (Lipinski definition) is 0. The van der Waals surface area contributed by atoms with Gasteiger partial charge in [-0.15, -0.1) is 0 Å². The lowest BCUT2D eigenvalue weighted by Crippen LogP contribution is -2.48. The van der Waals surface area contributed by atoms with Gasteiger partial charge in [0.25, 0.3) is 5.91 Å². The second-order valence-corrected chi connectivity index (χ2v) is 9.86. The predicted octanol–water partition coefficient (Wildman–Crippen LogP) is 3.80. The molecular weight excluding hydrogens is 424 g/mol. The van der Waals surface area contributed by atoms with Crippen LogP contribution in [0.4, 0.5) is 0 Å². The molecular formula is C22H27ClN2O4S. The summed E-state index contributed by atoms with van der Waals surface area (Å²) in [4.78, 5) is 14.8. The maximum atomic E-state index is 13.0. The molecule has 3 rings (SSSR count). The molecule has 0 N–H and O–H groups in total. The molecule has 2 aromatic rings. The van der Waals surface area contributed by atoms with Gasteiger partial charge in [-0.2, -0.15) is 4.31 Å². The number of sulfonamides is 1. The van der Waals surface area contributed by atoms with Crippen LogP contribution in [0.2, 0.25) is 5.02 Å². The SMILES string of the molecule is CCN(Cc1ccccc1Cl)C(=O)c1ccc(S(=O)(=O)N2CC(C)OC(C)C2)cc1. The number of nitrogens with zero attached hydrogens (tertiary/aromatic N) is 2. The van der Waals surface area contributed by atoms with Crippen LogP contribution in [0.25, 0.3) is 0 Å². The Hall–Kier alpha value is -1.93. The average Bonchev–Trinajstić information content (AvgIpc) is 2.72. The molecule has 1 fully saturated rings. The lowest BCUT2D eigenvalue weighted by atomic mass is 10.1. The van der Waals surface area contributed by atoms with Gasteiger partial charge in [-0.05, 0) is 56.7 Å². The molecule has 2 unspecified atom stereocenters. The van der Waals surface area contributed by atoms with Crippen molar-refractivity contribution in [3.05, 3.63) is 64.7 Å². The largest absolute Gasteiger partial charge is 0.373 e. The van der Waals surface area contributed by atoms with Crippen LogP contribution in [0.3, 0.4) is 0 Å². The van der Waals surface area contributed by atoms with Gasteiger partial charge in [0.2, 0.25) is 10.0 Å². The summed E-state index contributed by atoms with van der Waals surface area (Å²) in [5.74, 6) is -0.171. The maximum Gasteiger partial charge on any atom is 0.254 e. The molecule has 8 heteroatoms. The fourth-order valence-corrected chi connectivity index (χ4v) is 5.37. The minimum Gasteiger partial charge on any atom is -0.373 e. The van der Waals surface area contributed by atoms with Crippen molar-refractivity contribution in [2.24, 2.45) is 0 Å². The minimum atomic E-state index is -3.64. The van der Waals surface area contributed by atoms with Crippen LogP contribution >= 0.6 is 11.6 Å². The number of hydrogen-bond acceptors (Lipinski definition) is 4. The molecule has 0 saturated carbocycles. The highest BCUT2D eigenvalue weighted by Gasteiger charge is 2.32. The lowest BCUT2D eigenvalue weighted by molar-refractivity contribution is -0.0440. The fourth-order valence-electron chi connectivity index (χ4n) is 3.59. The number of amides is 1. The Bertz CT molecular complexity index is 984. The van der Waals surface area contributed by atoms with Gasteiger partial charge in [-0.25, -0.2) is 8.42 Å². The van der Waals surface area contributed by atoms with E-state index < -0.39 is 10.0 Å². The average molecular weight is 451 g/mol. The Morgan fingerprint density at radius 3 is 2.27 bits per heavy atom. The first-order chi connectivity index (χ1) is 14.2. The third kappa shape index (κ3) is 5.03. The summed E-state index contributed by atoms with van der Waals surface area (Å²) >= 11 is 6.22. The third-order valence-corrected chi connectivity index (χ3v) is 7.33. The molecule has 1 heterocycles. The second kappa shape index (κ2) is 9.47. The van der Waals surface area contributed by atoms with Crippen molar-refractivity contribution >= 4 is 27.5 Å². The van der Waals surface area contributed by atoms with E-state index in [0.717, 1.165) is 5.56 Å². The molecule has 0 aliphatic carbocycles. The number of rotatable bonds is 6. The van der Waals surface area contributed by atoms with Gasteiger partial charge in [0.1, 0.15) is 0 Å². The van der Waals surface area contributed by atoms with E-state index in [1.165, 1.54) is 16.4 Å². The summed E-state index contributed by atoms with van der Waals surface area (Å²) in [7, 11) is -3.64. The smallest absolute Gasteiger partial charge is 0.254 e. The summed E-state index contributed by atoms with van der Waals surface area (Å²) in [6.45, 7) is 7.14. The molecule has 6 nitrogen and oxygen atoms in total. The van der Waals surface area contributed by atoms with E-state index in [9.17, 15) is 13.2 Å². The first-order valence-corrected chi connectivity index (χ1v) is 11.8. The third-order valence-electron chi connectivity index (χ3n) is 5.11. The molecule has 0 bridgehead atoms. The van der Waals surface area contributed by atoms with Crippen LogP contribution in [0.15, 0.2) is 53.4 Å². The normalized spacial score (nSPS) is 20.1. The maximum absolute atomic E-state index is 13.0.